The summed E-state index contributed by atoms with van der Waals surface area (Å²) in [4.78, 5) is 17.5. The number of para-hydroxylation sites is 2. The summed E-state index contributed by atoms with van der Waals surface area (Å²) in [5.74, 6) is 1.16. The number of nitrogens with zero attached hydrogens (tertiary/aromatic N) is 2. The number of benzene rings is 3. The van der Waals surface area contributed by atoms with Crippen LogP contribution >= 0.6 is 0 Å². The van der Waals surface area contributed by atoms with Crippen LogP contribution in [0.4, 0.5) is 5.69 Å². The van der Waals surface area contributed by atoms with Gasteiger partial charge in [0.25, 0.3) is 0 Å². The molecule has 3 aromatic carbocycles. The summed E-state index contributed by atoms with van der Waals surface area (Å²) in [5, 5.41) is 2.38. The fraction of sp³-hybridized carbons (Fsp3) is 0.290. The summed E-state index contributed by atoms with van der Waals surface area (Å²) < 4.78 is 8.61. The second-order valence-corrected chi connectivity index (χ2v) is 9.16. The van der Waals surface area contributed by atoms with E-state index in [0.29, 0.717) is 17.6 Å². The molecule has 0 aliphatic heterocycles. The molecule has 180 valence electrons. The Kier molecular flexibility index (Phi) is 7.50. The monoisotopic (exact) mass is 466 g/mol. The highest BCUT2D eigenvalue weighted by atomic mass is 16.5. The van der Waals surface area contributed by atoms with Crippen LogP contribution < -0.4 is 0 Å². The second-order valence-electron chi connectivity index (χ2n) is 9.16. The molecule has 4 rings (SSSR count). The zero-order valence-electron chi connectivity index (χ0n) is 21.3. The molecule has 0 bridgehead atoms. The molecular weight excluding hydrogens is 432 g/mol. The molecule has 0 spiro atoms. The van der Waals surface area contributed by atoms with Crippen molar-refractivity contribution in [3.63, 3.8) is 0 Å². The van der Waals surface area contributed by atoms with Gasteiger partial charge >= 0.3 is 0 Å². The van der Waals surface area contributed by atoms with Gasteiger partial charge in [0, 0.05) is 41.2 Å². The number of hydrogen-bond donors (Lipinski definition) is 0. The van der Waals surface area contributed by atoms with Gasteiger partial charge in [-0.1, -0.05) is 69.7 Å². The van der Waals surface area contributed by atoms with Crippen LogP contribution in [0.1, 0.15) is 46.6 Å². The summed E-state index contributed by atoms with van der Waals surface area (Å²) in [6.45, 7) is 11.1. The van der Waals surface area contributed by atoms with E-state index in [0.717, 1.165) is 24.2 Å². The van der Waals surface area contributed by atoms with Gasteiger partial charge in [-0.3, -0.25) is 4.79 Å². The highest BCUT2D eigenvalue weighted by Crippen LogP contribution is 2.30. The Morgan fingerprint density at radius 1 is 0.943 bits per heavy atom. The van der Waals surface area contributed by atoms with Crippen molar-refractivity contribution in [1.82, 2.24) is 4.57 Å². The molecule has 1 aromatic heterocycles. The van der Waals surface area contributed by atoms with E-state index in [1.54, 1.807) is 6.92 Å². The van der Waals surface area contributed by atoms with Gasteiger partial charge in [-0.25, -0.2) is 4.99 Å². The molecule has 0 aliphatic rings. The third-order valence-corrected chi connectivity index (χ3v) is 6.85. The molecule has 0 amide bonds. The molecule has 4 nitrogen and oxygen atoms in total. The van der Waals surface area contributed by atoms with Gasteiger partial charge in [-0.05, 0) is 54.8 Å². The molecule has 0 aliphatic carbocycles. The van der Waals surface area contributed by atoms with Gasteiger partial charge in [0.15, 0.2) is 17.4 Å². The Morgan fingerprint density at radius 2 is 1.63 bits per heavy atom. The number of rotatable bonds is 8. The molecule has 2 atom stereocenters. The van der Waals surface area contributed by atoms with Gasteiger partial charge in [-0.15, -0.1) is 0 Å². The van der Waals surface area contributed by atoms with Crippen LogP contribution in [-0.4, -0.2) is 16.2 Å². The Labute approximate surface area is 207 Å². The first-order chi connectivity index (χ1) is 16.9. The van der Waals surface area contributed by atoms with Crippen molar-refractivity contribution in [2.75, 3.05) is 0 Å². The van der Waals surface area contributed by atoms with E-state index in [1.807, 2.05) is 42.5 Å². The quantitative estimate of drug-likeness (QED) is 0.114. The van der Waals surface area contributed by atoms with Crippen LogP contribution in [0, 0.1) is 11.8 Å². The van der Waals surface area contributed by atoms with E-state index in [2.05, 4.69) is 68.7 Å². The predicted molar refractivity (Wildman–Crippen MR) is 147 cm³/mol. The van der Waals surface area contributed by atoms with Crippen molar-refractivity contribution in [2.45, 2.75) is 47.6 Å². The number of Topliss-reactive ketones (excluding diaryl/α,β-unsaturated/α-hetero) is 1. The van der Waals surface area contributed by atoms with Crippen molar-refractivity contribution in [2.24, 2.45) is 16.8 Å². The maximum atomic E-state index is 12.7. The largest absolute Gasteiger partial charge is 0.439 e. The van der Waals surface area contributed by atoms with Crippen molar-refractivity contribution in [1.29, 1.82) is 0 Å². The lowest BCUT2D eigenvalue weighted by Gasteiger charge is -2.21. The summed E-state index contributed by atoms with van der Waals surface area (Å²) in [6.07, 6.45) is 2.83. The number of allylic oxidation sites excluding steroid dienone is 1. The first-order valence-corrected chi connectivity index (χ1v) is 12.5. The first-order valence-electron chi connectivity index (χ1n) is 12.5. The van der Waals surface area contributed by atoms with Crippen molar-refractivity contribution in [3.8, 4) is 0 Å². The lowest BCUT2D eigenvalue weighted by atomic mass is 9.93. The molecule has 1 heterocycles. The molecular formula is C31H34N2O2. The average molecular weight is 467 g/mol. The van der Waals surface area contributed by atoms with Gasteiger partial charge < -0.3 is 9.30 Å². The summed E-state index contributed by atoms with van der Waals surface area (Å²) in [5.41, 5.74) is 4.15. The number of fused-ring (bicyclic) bond motifs is 3. The lowest BCUT2D eigenvalue weighted by molar-refractivity contribution is -0.115. The van der Waals surface area contributed by atoms with E-state index < -0.39 is 0 Å². The standard InChI is InChI=1S/C31H34N2O2/c1-6-21(3)22(4)31(32-25-13-9-8-10-14-25)35-30(23(5)34)20-24-17-18-29-27(19-24)26-15-11-12-16-28(26)33(29)7-2/h8-22H,6-7H2,1-5H3/b30-20+,32-31?. The van der Waals surface area contributed by atoms with Gasteiger partial charge in [0.1, 0.15) is 0 Å². The Morgan fingerprint density at radius 3 is 2.31 bits per heavy atom. The third-order valence-electron chi connectivity index (χ3n) is 6.85. The fourth-order valence-corrected chi connectivity index (χ4v) is 4.41. The highest BCUT2D eigenvalue weighted by Gasteiger charge is 2.22. The van der Waals surface area contributed by atoms with Crippen LogP contribution in [-0.2, 0) is 16.1 Å². The van der Waals surface area contributed by atoms with Gasteiger partial charge in [0.05, 0.1) is 5.69 Å². The molecule has 2 unspecified atom stereocenters. The summed E-state index contributed by atoms with van der Waals surface area (Å²) in [6, 6.07) is 24.5. The van der Waals surface area contributed by atoms with Crippen molar-refractivity contribution in [3.05, 3.63) is 84.1 Å². The second kappa shape index (κ2) is 10.7. The van der Waals surface area contributed by atoms with Crippen molar-refractivity contribution >= 4 is 45.3 Å². The van der Waals surface area contributed by atoms with Crippen LogP contribution in [0.15, 0.2) is 83.5 Å². The molecule has 4 heteroatoms. The minimum Gasteiger partial charge on any atom is -0.439 e. The Bertz CT molecular complexity index is 1400. The minimum atomic E-state index is -0.127. The van der Waals surface area contributed by atoms with E-state index in [1.165, 1.54) is 21.8 Å². The SMILES string of the molecule is CCC(C)C(C)C(=Nc1ccccc1)O/C(=C/c1ccc2c(c1)c1ccccc1n2CC)C(C)=O. The van der Waals surface area contributed by atoms with E-state index in [-0.39, 0.29) is 11.7 Å². The molecule has 0 saturated carbocycles. The van der Waals surface area contributed by atoms with E-state index >= 15 is 0 Å². The lowest BCUT2D eigenvalue weighted by Crippen LogP contribution is -2.22. The van der Waals surface area contributed by atoms with Crippen LogP contribution in [0.2, 0.25) is 0 Å². The van der Waals surface area contributed by atoms with E-state index in [9.17, 15) is 4.79 Å². The average Bonchev–Trinajstić information content (AvgIpc) is 3.20. The zero-order valence-corrected chi connectivity index (χ0v) is 21.3. The molecule has 0 N–H and O–H groups in total. The number of aromatic nitrogens is 1. The third kappa shape index (κ3) is 5.22. The zero-order chi connectivity index (χ0) is 24.9. The van der Waals surface area contributed by atoms with E-state index in [4.69, 9.17) is 9.73 Å². The number of carbonyl (C=O) groups excluding carboxylic acids is 1. The number of carbonyl (C=O) groups is 1. The number of aryl methyl sites for hydroxylation is 1. The van der Waals surface area contributed by atoms with Gasteiger partial charge in [0.2, 0.25) is 0 Å². The Hall–Kier alpha value is -3.66. The van der Waals surface area contributed by atoms with Crippen LogP contribution in [0.25, 0.3) is 27.9 Å². The van der Waals surface area contributed by atoms with Crippen molar-refractivity contribution < 1.29 is 9.53 Å². The smallest absolute Gasteiger partial charge is 0.198 e. The van der Waals surface area contributed by atoms with Crippen LogP contribution in [0.3, 0.4) is 0 Å². The number of hydrogen-bond acceptors (Lipinski definition) is 3. The summed E-state index contributed by atoms with van der Waals surface area (Å²) in [7, 11) is 0. The highest BCUT2D eigenvalue weighted by molar-refractivity contribution is 6.09. The fourth-order valence-electron chi connectivity index (χ4n) is 4.41. The summed E-state index contributed by atoms with van der Waals surface area (Å²) >= 11 is 0. The molecule has 0 radical (unpaired) electrons. The minimum absolute atomic E-state index is 0.0629. The number of ketones is 1. The molecule has 35 heavy (non-hydrogen) atoms. The normalized spacial score (nSPS) is 14.3. The topological polar surface area (TPSA) is 43.6 Å². The number of aliphatic imine (C=N–C) groups is 1. The molecule has 4 aromatic rings. The maximum Gasteiger partial charge on any atom is 0.198 e. The first kappa shape index (κ1) is 24.5. The molecule has 0 fully saturated rings. The maximum absolute atomic E-state index is 12.7. The van der Waals surface area contributed by atoms with Crippen LogP contribution in [0.5, 0.6) is 0 Å². The predicted octanol–water partition coefficient (Wildman–Crippen LogP) is 8.17. The number of ether oxygens (including phenoxy) is 1. The molecule has 0 saturated heterocycles. The Balaban J connectivity index is 1.77. The van der Waals surface area contributed by atoms with Gasteiger partial charge in [-0.2, -0.15) is 0 Å².